The summed E-state index contributed by atoms with van der Waals surface area (Å²) in [6, 6.07) is 0. The summed E-state index contributed by atoms with van der Waals surface area (Å²) in [4.78, 5) is 0. The molecule has 0 aromatic heterocycles. The first kappa shape index (κ1) is 8.71. The zero-order valence-corrected chi connectivity index (χ0v) is 7.02. The van der Waals surface area contributed by atoms with Gasteiger partial charge in [-0.25, -0.2) is 0 Å². The van der Waals surface area contributed by atoms with Crippen molar-refractivity contribution >= 4 is 0 Å². The van der Waals surface area contributed by atoms with Crippen molar-refractivity contribution in [3.05, 3.63) is 29.2 Å². The zero-order chi connectivity index (χ0) is 8.97. The van der Waals surface area contributed by atoms with E-state index in [0.29, 0.717) is 0 Å². The van der Waals surface area contributed by atoms with Crippen LogP contribution in [-0.4, -0.2) is 0 Å². The summed E-state index contributed by atoms with van der Waals surface area (Å²) >= 11 is 0. The standard InChI is InChI=1S/C11H12O/c1-3-9-7-5-6-8-10(9)11(12)4-2/h1,12H,2,5-8H2/p-1. The molecule has 0 atom stereocenters. The zero-order valence-electron chi connectivity index (χ0n) is 7.02. The van der Waals surface area contributed by atoms with Gasteiger partial charge in [0.2, 0.25) is 0 Å². The predicted molar refractivity (Wildman–Crippen MR) is 47.0 cm³/mol. The van der Waals surface area contributed by atoms with E-state index in [9.17, 15) is 5.11 Å². The molecule has 1 aliphatic carbocycles. The van der Waals surface area contributed by atoms with Gasteiger partial charge in [-0.3, -0.25) is 0 Å². The first-order valence-corrected chi connectivity index (χ1v) is 4.05. The summed E-state index contributed by atoms with van der Waals surface area (Å²) < 4.78 is 0. The van der Waals surface area contributed by atoms with Crippen molar-refractivity contribution in [1.29, 1.82) is 0 Å². The fourth-order valence-corrected chi connectivity index (χ4v) is 1.42. The quantitative estimate of drug-likeness (QED) is 0.323. The maximum atomic E-state index is 11.2. The van der Waals surface area contributed by atoms with Gasteiger partial charge in [-0.05, 0) is 31.3 Å². The fourth-order valence-electron chi connectivity index (χ4n) is 1.42. The maximum absolute atomic E-state index is 11.2. The van der Waals surface area contributed by atoms with Crippen molar-refractivity contribution in [2.24, 2.45) is 0 Å². The fraction of sp³-hybridized carbons (Fsp3) is 0.364. The number of rotatable bonds is 1. The summed E-state index contributed by atoms with van der Waals surface area (Å²) in [6.45, 7) is 3.33. The lowest BCUT2D eigenvalue weighted by Gasteiger charge is -2.20. The lowest BCUT2D eigenvalue weighted by atomic mass is 9.91. The number of allylic oxidation sites excluding steroid dienone is 2. The topological polar surface area (TPSA) is 23.1 Å². The normalized spacial score (nSPS) is 16.6. The average Bonchev–Trinajstić information content (AvgIpc) is 2.16. The van der Waals surface area contributed by atoms with Gasteiger partial charge in [-0.1, -0.05) is 18.3 Å². The van der Waals surface area contributed by atoms with Crippen LogP contribution in [0.15, 0.2) is 29.2 Å². The molecule has 1 aliphatic rings. The van der Waals surface area contributed by atoms with E-state index in [1.54, 1.807) is 0 Å². The van der Waals surface area contributed by atoms with Gasteiger partial charge in [0.05, 0.1) is 0 Å². The van der Waals surface area contributed by atoms with E-state index in [4.69, 9.17) is 6.42 Å². The van der Waals surface area contributed by atoms with Crippen molar-refractivity contribution < 1.29 is 5.11 Å². The highest BCUT2D eigenvalue weighted by Gasteiger charge is 2.09. The molecule has 0 saturated carbocycles. The van der Waals surface area contributed by atoms with Gasteiger partial charge in [0.1, 0.15) is 0 Å². The average molecular weight is 159 g/mol. The highest BCUT2D eigenvalue weighted by Crippen LogP contribution is 2.26. The van der Waals surface area contributed by atoms with Crippen molar-refractivity contribution in [1.82, 2.24) is 0 Å². The Labute approximate surface area is 73.1 Å². The summed E-state index contributed by atoms with van der Waals surface area (Å²) in [7, 11) is 0. The van der Waals surface area contributed by atoms with Crippen molar-refractivity contribution in [2.45, 2.75) is 25.7 Å². The van der Waals surface area contributed by atoms with Gasteiger partial charge in [0.25, 0.3) is 0 Å². The third kappa shape index (κ3) is 1.61. The molecule has 0 amide bonds. The Morgan fingerprint density at radius 3 is 2.67 bits per heavy atom. The van der Waals surface area contributed by atoms with Gasteiger partial charge >= 0.3 is 0 Å². The Balaban J connectivity index is 3.05. The molecule has 1 heteroatoms. The van der Waals surface area contributed by atoms with E-state index in [1.807, 2.05) is 0 Å². The summed E-state index contributed by atoms with van der Waals surface area (Å²) in [5.41, 5.74) is 3.95. The van der Waals surface area contributed by atoms with Crippen LogP contribution in [0, 0.1) is 12.3 Å². The maximum Gasteiger partial charge on any atom is 0.00496 e. The highest BCUT2D eigenvalue weighted by molar-refractivity contribution is 5.40. The molecule has 12 heavy (non-hydrogen) atoms. The second kappa shape index (κ2) is 3.85. The van der Waals surface area contributed by atoms with E-state index in [2.05, 4.69) is 18.2 Å². The van der Waals surface area contributed by atoms with Crippen molar-refractivity contribution in [2.75, 3.05) is 0 Å². The van der Waals surface area contributed by atoms with Gasteiger partial charge in [0, 0.05) is 5.57 Å². The molecule has 0 saturated heterocycles. The van der Waals surface area contributed by atoms with E-state index >= 15 is 0 Å². The number of hydrogen-bond donors (Lipinski definition) is 0. The predicted octanol–water partition coefficient (Wildman–Crippen LogP) is 1.52. The van der Waals surface area contributed by atoms with E-state index in [0.717, 1.165) is 36.8 Å². The monoisotopic (exact) mass is 159 g/mol. The Bertz CT molecular complexity index is 295. The molecule has 0 unspecified atom stereocenters. The third-order valence-electron chi connectivity index (χ3n) is 2.08. The lowest BCUT2D eigenvalue weighted by molar-refractivity contribution is -0.297. The molecule has 0 aromatic rings. The summed E-state index contributed by atoms with van der Waals surface area (Å²) in [6.07, 6.45) is 9.07. The first-order valence-electron chi connectivity index (χ1n) is 4.05. The van der Waals surface area contributed by atoms with Crippen LogP contribution >= 0.6 is 0 Å². The molecule has 0 fully saturated rings. The Kier molecular flexibility index (Phi) is 2.80. The number of hydrogen-bond acceptors (Lipinski definition) is 1. The van der Waals surface area contributed by atoms with E-state index in [1.165, 1.54) is 0 Å². The Hall–Kier alpha value is -1.38. The minimum atomic E-state index is -0.123. The van der Waals surface area contributed by atoms with Crippen LogP contribution in [-0.2, 0) is 0 Å². The SMILES string of the molecule is C#CC1=C(C([O-])=C=C)CCCC1. The van der Waals surface area contributed by atoms with Gasteiger partial charge in [-0.15, -0.1) is 12.2 Å². The minimum Gasteiger partial charge on any atom is -0.866 e. The molecular formula is C11H11O-. The van der Waals surface area contributed by atoms with Crippen LogP contribution < -0.4 is 5.11 Å². The van der Waals surface area contributed by atoms with Crippen molar-refractivity contribution in [3.8, 4) is 12.3 Å². The summed E-state index contributed by atoms with van der Waals surface area (Å²) in [5, 5.41) is 11.2. The van der Waals surface area contributed by atoms with Crippen molar-refractivity contribution in [3.63, 3.8) is 0 Å². The van der Waals surface area contributed by atoms with Gasteiger partial charge < -0.3 is 5.11 Å². The molecule has 1 nitrogen and oxygen atoms in total. The molecule has 0 heterocycles. The largest absolute Gasteiger partial charge is 0.866 e. The highest BCUT2D eigenvalue weighted by atomic mass is 16.3. The van der Waals surface area contributed by atoms with Crippen LogP contribution in [0.5, 0.6) is 0 Å². The van der Waals surface area contributed by atoms with E-state index in [-0.39, 0.29) is 5.76 Å². The Morgan fingerprint density at radius 1 is 1.42 bits per heavy atom. The Morgan fingerprint density at radius 2 is 2.08 bits per heavy atom. The molecule has 0 bridgehead atoms. The number of terminal acetylenes is 1. The van der Waals surface area contributed by atoms with Crippen LogP contribution in [0.2, 0.25) is 0 Å². The van der Waals surface area contributed by atoms with Crippen LogP contribution in [0.3, 0.4) is 0 Å². The van der Waals surface area contributed by atoms with Crippen LogP contribution in [0.4, 0.5) is 0 Å². The second-order valence-corrected chi connectivity index (χ2v) is 2.81. The lowest BCUT2D eigenvalue weighted by Crippen LogP contribution is -2.10. The van der Waals surface area contributed by atoms with Crippen LogP contribution in [0.25, 0.3) is 0 Å². The van der Waals surface area contributed by atoms with Crippen LogP contribution in [0.1, 0.15) is 25.7 Å². The molecule has 62 valence electrons. The minimum absolute atomic E-state index is 0.123. The molecule has 0 N–H and O–H groups in total. The van der Waals surface area contributed by atoms with Gasteiger partial charge in [-0.2, -0.15) is 0 Å². The molecule has 0 aromatic carbocycles. The molecule has 0 spiro atoms. The smallest absolute Gasteiger partial charge is 0.00496 e. The molecule has 0 aliphatic heterocycles. The van der Waals surface area contributed by atoms with Gasteiger partial charge in [0.15, 0.2) is 0 Å². The second-order valence-electron chi connectivity index (χ2n) is 2.81. The third-order valence-corrected chi connectivity index (χ3v) is 2.08. The summed E-state index contributed by atoms with van der Waals surface area (Å²) in [5.74, 6) is 2.44. The van der Waals surface area contributed by atoms with E-state index < -0.39 is 0 Å². The molecule has 0 radical (unpaired) electrons. The first-order chi connectivity index (χ1) is 5.79. The molecule has 1 rings (SSSR count). The molecular weight excluding hydrogens is 148 g/mol.